The van der Waals surface area contributed by atoms with E-state index >= 15 is 0 Å². The molecule has 0 aliphatic carbocycles. The average molecular weight is 521 g/mol. The maximum absolute atomic E-state index is 12.9. The smallest absolute Gasteiger partial charge is 0.226 e. The number of nitrogens with one attached hydrogen (secondary N) is 1. The van der Waals surface area contributed by atoms with E-state index in [0.717, 1.165) is 49.9 Å². The van der Waals surface area contributed by atoms with Crippen LogP contribution in [0.1, 0.15) is 83.9 Å². The van der Waals surface area contributed by atoms with Crippen LogP contribution < -0.4 is 5.32 Å². The zero-order chi connectivity index (χ0) is 27.7. The Balaban J connectivity index is 1.65. The number of likely N-dealkylation sites (tertiary alicyclic amines) is 1. The molecule has 7 nitrogen and oxygen atoms in total. The van der Waals surface area contributed by atoms with Gasteiger partial charge in [0.1, 0.15) is 6.04 Å². The summed E-state index contributed by atoms with van der Waals surface area (Å²) in [6.45, 7) is 14.1. The lowest BCUT2D eigenvalue weighted by atomic mass is 9.98. The van der Waals surface area contributed by atoms with Gasteiger partial charge < -0.3 is 14.6 Å². The summed E-state index contributed by atoms with van der Waals surface area (Å²) in [7, 11) is 2.01. The standard InChI is InChI=1S/C31H44N4O3/c1-7-22(4)25(13-11-12-21(2)3)28-18-33-31(38-28)26(34-30(37)24-19-35(6)20-24)14-9-8-10-15-27(36)29-23(5)16-17-32-29/h11-13,16-18,21,23-24,26H,4,7-10,14-15,19-20H2,1-3,5-6H3,(H,34,37)/b12-11-,25-13+. The first-order chi connectivity index (χ1) is 18.2. The van der Waals surface area contributed by atoms with Crippen molar-refractivity contribution in [1.29, 1.82) is 0 Å². The summed E-state index contributed by atoms with van der Waals surface area (Å²) < 4.78 is 6.24. The minimum absolute atomic E-state index is 0.00571. The molecule has 38 heavy (non-hydrogen) atoms. The molecular weight excluding hydrogens is 476 g/mol. The summed E-state index contributed by atoms with van der Waals surface area (Å²) in [5.41, 5.74) is 2.56. The number of Topliss-reactive ketones (excluding diaryl/α,β-unsaturated/α-hetero) is 1. The van der Waals surface area contributed by atoms with Crippen LogP contribution >= 0.6 is 0 Å². The molecule has 2 unspecified atom stereocenters. The molecule has 1 fully saturated rings. The lowest BCUT2D eigenvalue weighted by Gasteiger charge is -2.35. The molecule has 206 valence electrons. The normalized spacial score (nSPS) is 19.2. The Morgan fingerprint density at radius 2 is 2.03 bits per heavy atom. The second-order valence-electron chi connectivity index (χ2n) is 10.9. The van der Waals surface area contributed by atoms with Crippen LogP contribution in [-0.2, 0) is 9.59 Å². The van der Waals surface area contributed by atoms with Crippen LogP contribution in [0.15, 0.2) is 58.3 Å². The van der Waals surface area contributed by atoms with Crippen molar-refractivity contribution in [3.8, 4) is 0 Å². The number of aliphatic imine (C=N–C) groups is 1. The average Bonchev–Trinajstić information content (AvgIpc) is 3.52. The molecule has 1 aromatic heterocycles. The van der Waals surface area contributed by atoms with Crippen LogP contribution in [0, 0.1) is 17.8 Å². The summed E-state index contributed by atoms with van der Waals surface area (Å²) in [4.78, 5) is 36.3. The minimum atomic E-state index is -0.316. The number of nitrogens with zero attached hydrogens (tertiary/aromatic N) is 3. The van der Waals surface area contributed by atoms with Crippen molar-refractivity contribution in [3.63, 3.8) is 0 Å². The van der Waals surface area contributed by atoms with E-state index in [4.69, 9.17) is 4.42 Å². The van der Waals surface area contributed by atoms with Crippen LogP contribution in [0.3, 0.4) is 0 Å². The van der Waals surface area contributed by atoms with Crippen molar-refractivity contribution in [2.24, 2.45) is 22.7 Å². The fourth-order valence-corrected chi connectivity index (χ4v) is 4.65. The molecule has 0 saturated carbocycles. The fourth-order valence-electron chi connectivity index (χ4n) is 4.65. The number of allylic oxidation sites excluding steroid dienone is 6. The molecule has 2 aliphatic rings. The Kier molecular flexibility index (Phi) is 11.0. The van der Waals surface area contributed by atoms with Crippen molar-refractivity contribution in [1.82, 2.24) is 15.2 Å². The van der Waals surface area contributed by atoms with E-state index in [1.807, 2.05) is 32.2 Å². The van der Waals surface area contributed by atoms with Crippen LogP contribution in [0.5, 0.6) is 0 Å². The third kappa shape index (κ3) is 8.22. The monoisotopic (exact) mass is 520 g/mol. The van der Waals surface area contributed by atoms with Gasteiger partial charge in [0.25, 0.3) is 0 Å². The van der Waals surface area contributed by atoms with Crippen molar-refractivity contribution in [3.05, 3.63) is 60.5 Å². The molecule has 1 saturated heterocycles. The van der Waals surface area contributed by atoms with Crippen LogP contribution in [0.4, 0.5) is 0 Å². The number of unbranched alkanes of at least 4 members (excludes halogenated alkanes) is 2. The third-order valence-corrected chi connectivity index (χ3v) is 7.11. The number of hydrogen-bond donors (Lipinski definition) is 1. The fraction of sp³-hybridized carbons (Fsp3) is 0.548. The highest BCUT2D eigenvalue weighted by Crippen LogP contribution is 2.29. The molecule has 1 aromatic rings. The molecule has 3 rings (SSSR count). The molecular formula is C31H44N4O3. The summed E-state index contributed by atoms with van der Waals surface area (Å²) in [5, 5.41) is 3.19. The van der Waals surface area contributed by atoms with Gasteiger partial charge in [-0.3, -0.25) is 14.6 Å². The van der Waals surface area contributed by atoms with Gasteiger partial charge in [-0.2, -0.15) is 0 Å². The molecule has 1 amide bonds. The number of rotatable bonds is 15. The van der Waals surface area contributed by atoms with Crippen LogP contribution in [0.2, 0.25) is 0 Å². The van der Waals surface area contributed by atoms with Gasteiger partial charge in [0, 0.05) is 37.2 Å². The Morgan fingerprint density at radius 3 is 2.66 bits per heavy atom. The van der Waals surface area contributed by atoms with Crippen molar-refractivity contribution in [2.45, 2.75) is 72.3 Å². The van der Waals surface area contributed by atoms with Gasteiger partial charge in [-0.15, -0.1) is 0 Å². The largest absolute Gasteiger partial charge is 0.438 e. The van der Waals surface area contributed by atoms with Crippen molar-refractivity contribution in [2.75, 3.05) is 20.1 Å². The van der Waals surface area contributed by atoms with Crippen LogP contribution in [0.25, 0.3) is 5.57 Å². The quantitative estimate of drug-likeness (QED) is 0.224. The number of carbonyl (C=O) groups is 2. The lowest BCUT2D eigenvalue weighted by molar-refractivity contribution is -0.130. The van der Waals surface area contributed by atoms with Gasteiger partial charge in [-0.1, -0.05) is 71.4 Å². The Morgan fingerprint density at radius 1 is 1.26 bits per heavy atom. The predicted octanol–water partition coefficient (Wildman–Crippen LogP) is 6.08. The third-order valence-electron chi connectivity index (χ3n) is 7.11. The summed E-state index contributed by atoms with van der Waals surface area (Å²) >= 11 is 0. The first-order valence-corrected chi connectivity index (χ1v) is 14.0. The van der Waals surface area contributed by atoms with Gasteiger partial charge in [-0.05, 0) is 37.8 Å². The van der Waals surface area contributed by atoms with Gasteiger partial charge in [-0.25, -0.2) is 4.98 Å². The molecule has 1 N–H and O–H groups in total. The molecule has 0 spiro atoms. The van der Waals surface area contributed by atoms with Crippen molar-refractivity contribution < 1.29 is 14.0 Å². The molecule has 2 aliphatic heterocycles. The van der Waals surface area contributed by atoms with Crippen molar-refractivity contribution >= 4 is 23.0 Å². The highest BCUT2D eigenvalue weighted by atomic mass is 16.4. The van der Waals surface area contributed by atoms with E-state index in [1.54, 1.807) is 12.4 Å². The number of hydrogen-bond acceptors (Lipinski definition) is 6. The summed E-state index contributed by atoms with van der Waals surface area (Å²) in [6, 6.07) is -0.316. The molecule has 0 aromatic carbocycles. The van der Waals surface area contributed by atoms with Gasteiger partial charge in [0.2, 0.25) is 11.8 Å². The van der Waals surface area contributed by atoms with E-state index in [1.165, 1.54) is 0 Å². The van der Waals surface area contributed by atoms with E-state index in [-0.39, 0.29) is 29.6 Å². The predicted molar refractivity (Wildman–Crippen MR) is 154 cm³/mol. The maximum Gasteiger partial charge on any atom is 0.226 e. The molecule has 7 heteroatoms. The first kappa shape index (κ1) is 29.5. The van der Waals surface area contributed by atoms with E-state index in [0.29, 0.717) is 36.1 Å². The lowest BCUT2D eigenvalue weighted by Crippen LogP contribution is -2.52. The van der Waals surface area contributed by atoms with E-state index < -0.39 is 0 Å². The zero-order valence-corrected chi connectivity index (χ0v) is 23.7. The van der Waals surface area contributed by atoms with E-state index in [2.05, 4.69) is 53.6 Å². The highest BCUT2D eigenvalue weighted by molar-refractivity contribution is 6.41. The number of aromatic nitrogens is 1. The van der Waals surface area contributed by atoms with Gasteiger partial charge in [0.15, 0.2) is 11.5 Å². The van der Waals surface area contributed by atoms with Gasteiger partial charge in [0.05, 0.1) is 17.8 Å². The second-order valence-corrected chi connectivity index (χ2v) is 10.9. The SMILES string of the molecule is C=C(CC)/C(=C\C=C/C(C)C)c1cnc(C(CCCCCC(=O)C2=NC=CC2C)NC(=O)C2CN(C)C2)o1. The minimum Gasteiger partial charge on any atom is -0.438 e. The van der Waals surface area contributed by atoms with Gasteiger partial charge >= 0.3 is 0 Å². The first-order valence-electron chi connectivity index (χ1n) is 14.0. The molecule has 2 atom stereocenters. The second kappa shape index (κ2) is 14.2. The Hall–Kier alpha value is -3.06. The zero-order valence-electron chi connectivity index (χ0n) is 23.7. The highest BCUT2D eigenvalue weighted by Gasteiger charge is 2.32. The molecule has 0 bridgehead atoms. The summed E-state index contributed by atoms with van der Waals surface area (Å²) in [6.07, 6.45) is 16.1. The van der Waals surface area contributed by atoms with E-state index in [9.17, 15) is 9.59 Å². The van der Waals surface area contributed by atoms with Crippen LogP contribution in [-0.4, -0.2) is 47.4 Å². The number of carbonyl (C=O) groups excluding carboxylic acids is 2. The summed E-state index contributed by atoms with van der Waals surface area (Å²) in [5.74, 6) is 1.88. The Labute approximate surface area is 227 Å². The molecule has 0 radical (unpaired) electrons. The maximum atomic E-state index is 12.9. The Bertz CT molecular complexity index is 1100. The number of oxazole rings is 1. The topological polar surface area (TPSA) is 87.8 Å². The number of amides is 1. The molecule has 3 heterocycles. The number of ketones is 1.